The van der Waals surface area contributed by atoms with Crippen LogP contribution in [0.25, 0.3) is 0 Å². The molecule has 0 aliphatic heterocycles. The molecule has 4 nitrogen and oxygen atoms in total. The lowest BCUT2D eigenvalue weighted by atomic mass is 9.79. The molecule has 0 radical (unpaired) electrons. The van der Waals surface area contributed by atoms with Gasteiger partial charge in [-0.3, -0.25) is 9.20 Å². The average Bonchev–Trinajstić information content (AvgIpc) is 3.22. The first-order valence-corrected chi connectivity index (χ1v) is 11.6. The molecule has 1 saturated carbocycles. The van der Waals surface area contributed by atoms with Crippen molar-refractivity contribution in [2.24, 2.45) is 4.99 Å². The van der Waals surface area contributed by atoms with Crippen LogP contribution in [0.1, 0.15) is 36.8 Å². The largest absolute Gasteiger partial charge is 0.356 e. The van der Waals surface area contributed by atoms with Crippen molar-refractivity contribution in [3.8, 4) is 0 Å². The first-order chi connectivity index (χ1) is 13.7. The summed E-state index contributed by atoms with van der Waals surface area (Å²) in [5.74, 6) is 2.00. The molecule has 2 aromatic carbocycles. The lowest BCUT2D eigenvalue weighted by Crippen LogP contribution is -2.45. The van der Waals surface area contributed by atoms with Crippen molar-refractivity contribution in [1.82, 2.24) is 10.6 Å². The number of nitrogens with one attached hydrogen (secondary N) is 2. The average molecular weight is 526 g/mol. The number of nitrogens with zero attached hydrogens (tertiary/aromatic N) is 1. The summed E-state index contributed by atoms with van der Waals surface area (Å²) in [6.07, 6.45) is 4.98. The quantitative estimate of drug-likeness (QED) is 0.308. The van der Waals surface area contributed by atoms with Crippen LogP contribution in [0.4, 0.5) is 0 Å². The zero-order valence-electron chi connectivity index (χ0n) is 17.1. The van der Waals surface area contributed by atoms with Gasteiger partial charge >= 0.3 is 0 Å². The van der Waals surface area contributed by atoms with Crippen molar-refractivity contribution in [3.63, 3.8) is 0 Å². The highest BCUT2D eigenvalue weighted by atomic mass is 127. The number of halogens is 1. The summed E-state index contributed by atoms with van der Waals surface area (Å²) < 4.78 is 12.3. The van der Waals surface area contributed by atoms with Crippen LogP contribution in [0.15, 0.2) is 65.7 Å². The lowest BCUT2D eigenvalue weighted by molar-refractivity contribution is 0.432. The molecule has 1 aliphatic carbocycles. The smallest absolute Gasteiger partial charge is 0.191 e. The van der Waals surface area contributed by atoms with Gasteiger partial charge in [0, 0.05) is 47.9 Å². The van der Waals surface area contributed by atoms with E-state index in [4.69, 9.17) is 0 Å². The Morgan fingerprint density at radius 1 is 1.00 bits per heavy atom. The number of rotatable bonds is 8. The molecule has 1 atom stereocenters. The molecule has 0 heterocycles. The third kappa shape index (κ3) is 7.10. The maximum absolute atomic E-state index is 12.3. The summed E-state index contributed by atoms with van der Waals surface area (Å²) in [6, 6.07) is 20.8. The van der Waals surface area contributed by atoms with E-state index in [1.807, 2.05) is 30.3 Å². The van der Waals surface area contributed by atoms with E-state index >= 15 is 0 Å². The van der Waals surface area contributed by atoms with Gasteiger partial charge in [0.1, 0.15) is 0 Å². The first kappa shape index (κ1) is 23.9. The van der Waals surface area contributed by atoms with E-state index < -0.39 is 10.8 Å². The Labute approximate surface area is 194 Å². The third-order valence-corrected chi connectivity index (χ3v) is 6.87. The number of aliphatic imine (C=N–C) groups is 1. The maximum Gasteiger partial charge on any atom is 0.191 e. The Kier molecular flexibility index (Phi) is 10.1. The van der Waals surface area contributed by atoms with E-state index in [0.717, 1.165) is 18.1 Å². The van der Waals surface area contributed by atoms with Gasteiger partial charge in [-0.15, -0.1) is 24.0 Å². The van der Waals surface area contributed by atoms with E-state index in [9.17, 15) is 4.21 Å². The molecule has 3 rings (SSSR count). The van der Waals surface area contributed by atoms with Gasteiger partial charge in [-0.1, -0.05) is 73.5 Å². The topological polar surface area (TPSA) is 53.5 Å². The minimum absolute atomic E-state index is 0. The molecule has 0 saturated heterocycles. The Bertz CT molecular complexity index is 777. The van der Waals surface area contributed by atoms with Crippen LogP contribution in [0.2, 0.25) is 0 Å². The predicted molar refractivity (Wildman–Crippen MR) is 135 cm³/mol. The molecular weight excluding hydrogens is 493 g/mol. The van der Waals surface area contributed by atoms with Gasteiger partial charge in [0.05, 0.1) is 0 Å². The molecule has 158 valence electrons. The third-order valence-electron chi connectivity index (χ3n) is 5.56. The summed E-state index contributed by atoms with van der Waals surface area (Å²) in [5, 5.41) is 6.84. The molecule has 29 heavy (non-hydrogen) atoms. The molecule has 0 aromatic heterocycles. The molecule has 1 fully saturated rings. The predicted octanol–water partition coefficient (Wildman–Crippen LogP) is 4.23. The maximum atomic E-state index is 12.3. The summed E-state index contributed by atoms with van der Waals surface area (Å²) in [7, 11) is 0.913. The van der Waals surface area contributed by atoms with Crippen LogP contribution in [0.3, 0.4) is 0 Å². The van der Waals surface area contributed by atoms with Gasteiger partial charge in [0.25, 0.3) is 0 Å². The summed E-state index contributed by atoms with van der Waals surface area (Å²) in [5.41, 5.74) is 2.73. The molecule has 1 aliphatic rings. The van der Waals surface area contributed by atoms with Crippen LogP contribution in [-0.4, -0.2) is 36.1 Å². The normalized spacial score (nSPS) is 16.7. The van der Waals surface area contributed by atoms with Crippen molar-refractivity contribution in [3.05, 3.63) is 71.8 Å². The monoisotopic (exact) mass is 525 g/mol. The second-order valence-electron chi connectivity index (χ2n) is 7.48. The highest BCUT2D eigenvalue weighted by molar-refractivity contribution is 14.0. The fourth-order valence-electron chi connectivity index (χ4n) is 4.00. The second-order valence-corrected chi connectivity index (χ2v) is 9.06. The van der Waals surface area contributed by atoms with Crippen LogP contribution in [0, 0.1) is 0 Å². The second kappa shape index (κ2) is 12.3. The van der Waals surface area contributed by atoms with E-state index in [2.05, 4.69) is 46.0 Å². The molecular formula is C23H32IN3OS. The van der Waals surface area contributed by atoms with Crippen molar-refractivity contribution < 1.29 is 4.21 Å². The van der Waals surface area contributed by atoms with E-state index in [1.165, 1.54) is 31.2 Å². The van der Waals surface area contributed by atoms with Gasteiger partial charge in [0.2, 0.25) is 0 Å². The van der Waals surface area contributed by atoms with E-state index in [0.29, 0.717) is 18.1 Å². The molecule has 0 bridgehead atoms. The van der Waals surface area contributed by atoms with E-state index in [1.54, 1.807) is 7.05 Å². The summed E-state index contributed by atoms with van der Waals surface area (Å²) in [4.78, 5) is 4.35. The molecule has 2 N–H and O–H groups in total. The first-order valence-electron chi connectivity index (χ1n) is 10.1. The van der Waals surface area contributed by atoms with Crippen molar-refractivity contribution >= 4 is 40.7 Å². The molecule has 1 unspecified atom stereocenters. The van der Waals surface area contributed by atoms with Crippen LogP contribution in [-0.2, 0) is 22.0 Å². The minimum Gasteiger partial charge on any atom is -0.356 e. The van der Waals surface area contributed by atoms with E-state index in [-0.39, 0.29) is 29.4 Å². The molecule has 0 spiro atoms. The summed E-state index contributed by atoms with van der Waals surface area (Å²) >= 11 is 0. The van der Waals surface area contributed by atoms with Crippen molar-refractivity contribution in [2.45, 2.75) is 36.9 Å². The zero-order chi connectivity index (χ0) is 19.7. The van der Waals surface area contributed by atoms with Crippen LogP contribution < -0.4 is 10.6 Å². The van der Waals surface area contributed by atoms with Gasteiger partial charge in [0.15, 0.2) is 5.96 Å². The number of guanidine groups is 1. The Morgan fingerprint density at radius 3 is 2.24 bits per heavy atom. The van der Waals surface area contributed by atoms with Crippen molar-refractivity contribution in [2.75, 3.05) is 25.9 Å². The fourth-order valence-corrected chi connectivity index (χ4v) is 5.04. The highest BCUT2D eigenvalue weighted by Gasteiger charge is 2.35. The Morgan fingerprint density at radius 2 is 1.62 bits per heavy atom. The van der Waals surface area contributed by atoms with Gasteiger partial charge in [-0.25, -0.2) is 0 Å². The number of hydrogen-bond donors (Lipinski definition) is 2. The van der Waals surface area contributed by atoms with Crippen LogP contribution >= 0.6 is 24.0 Å². The number of benzene rings is 2. The highest BCUT2D eigenvalue weighted by Crippen LogP contribution is 2.40. The lowest BCUT2D eigenvalue weighted by Gasteiger charge is -2.30. The summed E-state index contributed by atoms with van der Waals surface area (Å²) in [6.45, 7) is 1.53. The van der Waals surface area contributed by atoms with Crippen molar-refractivity contribution in [1.29, 1.82) is 0 Å². The molecule has 2 aromatic rings. The van der Waals surface area contributed by atoms with Gasteiger partial charge in [-0.05, 0) is 24.0 Å². The minimum atomic E-state index is -0.879. The van der Waals surface area contributed by atoms with Gasteiger partial charge in [-0.2, -0.15) is 0 Å². The van der Waals surface area contributed by atoms with Gasteiger partial charge < -0.3 is 10.6 Å². The zero-order valence-corrected chi connectivity index (χ0v) is 20.2. The van der Waals surface area contributed by atoms with Crippen LogP contribution in [0.5, 0.6) is 0 Å². The number of hydrogen-bond acceptors (Lipinski definition) is 2. The Hall–Kier alpha value is -1.41. The fraction of sp³-hybridized carbons (Fsp3) is 0.435. The standard InChI is InChI=1S/C23H31N3OS.HI/c1-24-22(25-16-17-28(27)18-20-10-4-2-5-11-20)26-19-23(14-8-9-15-23)21-12-6-3-7-13-21;/h2-7,10-13H,8-9,14-19H2,1H3,(H2,24,25,26);1H. The molecule has 0 amide bonds. The molecule has 6 heteroatoms. The Balaban J connectivity index is 0.00000300. The SMILES string of the molecule is CN=C(NCCS(=O)Cc1ccccc1)NCC1(c2ccccc2)CCCC1.I.